The Labute approximate surface area is 206 Å². The molecule has 2 aromatic carbocycles. The number of carbonyl (C=O) groups excluding carboxylic acids is 2. The van der Waals surface area contributed by atoms with Gasteiger partial charge in [0.05, 0.1) is 18.1 Å². The van der Waals surface area contributed by atoms with Gasteiger partial charge in [0, 0.05) is 12.1 Å². The highest BCUT2D eigenvalue weighted by atomic mass is 32.2. The van der Waals surface area contributed by atoms with Gasteiger partial charge in [0.1, 0.15) is 5.82 Å². The number of thioether (sulfide) groups is 1. The van der Waals surface area contributed by atoms with Crippen LogP contribution >= 0.6 is 11.8 Å². The van der Waals surface area contributed by atoms with Gasteiger partial charge in [-0.2, -0.15) is 0 Å². The summed E-state index contributed by atoms with van der Waals surface area (Å²) >= 11 is 1.31. The summed E-state index contributed by atoms with van der Waals surface area (Å²) in [5, 5.41) is 8.82. The van der Waals surface area contributed by atoms with Gasteiger partial charge in [-0.3, -0.25) is 19.1 Å². The van der Waals surface area contributed by atoms with Crippen LogP contribution in [-0.2, 0) is 11.3 Å². The van der Waals surface area contributed by atoms with Crippen LogP contribution in [0, 0.1) is 5.82 Å². The number of halogens is 1. The molecular weight excluding hydrogens is 467 g/mol. The topological polar surface area (TPSA) is 81.2 Å². The van der Waals surface area contributed by atoms with Gasteiger partial charge in [-0.25, -0.2) is 4.39 Å². The fourth-order valence-electron chi connectivity index (χ4n) is 4.07. The maximum atomic E-state index is 13.5. The molecule has 1 aliphatic rings. The largest absolute Gasteiger partial charge is 0.461 e. The van der Waals surface area contributed by atoms with E-state index >= 15 is 0 Å². The Morgan fingerprint density at radius 1 is 1.03 bits per heavy atom. The Morgan fingerprint density at radius 3 is 2.57 bits per heavy atom. The molecule has 178 valence electrons. The van der Waals surface area contributed by atoms with Crippen molar-refractivity contribution in [1.29, 1.82) is 0 Å². The molecule has 1 saturated heterocycles. The Kier molecular flexibility index (Phi) is 6.76. The SMILES string of the molecule is O=C(c1ccc(F)cc1)N1CCCC[C@@H](Sc2nnc(-c3ccco3)n2Cc2ccccc2)C1=O. The predicted octanol–water partition coefficient (Wildman–Crippen LogP) is 5.04. The van der Waals surface area contributed by atoms with Gasteiger partial charge >= 0.3 is 0 Å². The molecule has 2 aromatic heterocycles. The minimum Gasteiger partial charge on any atom is -0.461 e. The van der Waals surface area contributed by atoms with Gasteiger partial charge in [0.25, 0.3) is 5.91 Å². The fourth-order valence-corrected chi connectivity index (χ4v) is 5.20. The summed E-state index contributed by atoms with van der Waals surface area (Å²) in [7, 11) is 0. The number of nitrogens with zero attached hydrogens (tertiary/aromatic N) is 4. The molecule has 35 heavy (non-hydrogen) atoms. The van der Waals surface area contributed by atoms with E-state index in [2.05, 4.69) is 10.2 Å². The van der Waals surface area contributed by atoms with E-state index in [1.165, 1.54) is 40.9 Å². The molecule has 3 heterocycles. The summed E-state index contributed by atoms with van der Waals surface area (Å²) in [6.07, 6.45) is 3.71. The van der Waals surface area contributed by atoms with Crippen LogP contribution in [0.4, 0.5) is 4.39 Å². The van der Waals surface area contributed by atoms with E-state index in [-0.39, 0.29) is 11.5 Å². The summed E-state index contributed by atoms with van der Waals surface area (Å²) in [5.74, 6) is 0.0460. The second-order valence-corrected chi connectivity index (χ2v) is 9.43. The number of imide groups is 1. The molecular formula is C26H23FN4O3S. The van der Waals surface area contributed by atoms with Gasteiger partial charge in [-0.15, -0.1) is 10.2 Å². The standard InChI is InChI=1S/C26H23FN4O3S/c27-20-13-11-19(12-14-20)24(32)30-15-5-4-10-22(25(30)33)35-26-29-28-23(21-9-6-16-34-21)31(26)17-18-7-2-1-3-8-18/h1-3,6-9,11-14,16,22H,4-5,10,15,17H2/t22-/m1/s1. The highest BCUT2D eigenvalue weighted by Crippen LogP contribution is 2.32. The number of carbonyl (C=O) groups is 2. The molecule has 4 aromatic rings. The Morgan fingerprint density at radius 2 is 1.83 bits per heavy atom. The van der Waals surface area contributed by atoms with E-state index in [0.717, 1.165) is 12.0 Å². The highest BCUT2D eigenvalue weighted by molar-refractivity contribution is 8.00. The van der Waals surface area contributed by atoms with E-state index in [1.54, 1.807) is 12.3 Å². The van der Waals surface area contributed by atoms with Crippen molar-refractivity contribution < 1.29 is 18.4 Å². The average Bonchev–Trinajstić information content (AvgIpc) is 3.50. The first kappa shape index (κ1) is 23.0. The van der Waals surface area contributed by atoms with Gasteiger partial charge in [-0.1, -0.05) is 48.5 Å². The zero-order valence-electron chi connectivity index (χ0n) is 18.8. The number of aromatic nitrogens is 3. The molecule has 0 unspecified atom stereocenters. The molecule has 1 atom stereocenters. The lowest BCUT2D eigenvalue weighted by Crippen LogP contribution is -2.41. The third-order valence-electron chi connectivity index (χ3n) is 5.87. The molecule has 1 fully saturated rings. The zero-order valence-corrected chi connectivity index (χ0v) is 19.7. The third-order valence-corrected chi connectivity index (χ3v) is 7.10. The summed E-state index contributed by atoms with van der Waals surface area (Å²) in [4.78, 5) is 27.8. The summed E-state index contributed by atoms with van der Waals surface area (Å²) < 4.78 is 20.8. The van der Waals surface area contributed by atoms with Crippen molar-refractivity contribution in [3.05, 3.63) is 89.9 Å². The molecule has 2 amide bonds. The van der Waals surface area contributed by atoms with Gasteiger partial charge in [0.15, 0.2) is 10.9 Å². The monoisotopic (exact) mass is 490 g/mol. The third kappa shape index (κ3) is 5.05. The van der Waals surface area contributed by atoms with Crippen molar-refractivity contribution in [3.8, 4) is 11.6 Å². The molecule has 0 spiro atoms. The van der Waals surface area contributed by atoms with E-state index in [9.17, 15) is 14.0 Å². The van der Waals surface area contributed by atoms with Crippen molar-refractivity contribution in [1.82, 2.24) is 19.7 Å². The molecule has 5 rings (SSSR count). The Bertz CT molecular complexity index is 1310. The highest BCUT2D eigenvalue weighted by Gasteiger charge is 2.34. The second kappa shape index (κ2) is 10.3. The van der Waals surface area contributed by atoms with Crippen molar-refractivity contribution in [3.63, 3.8) is 0 Å². The molecule has 0 radical (unpaired) electrons. The van der Waals surface area contributed by atoms with Gasteiger partial charge < -0.3 is 4.42 Å². The fraction of sp³-hybridized carbons (Fsp3) is 0.231. The number of hydrogen-bond acceptors (Lipinski definition) is 6. The zero-order chi connectivity index (χ0) is 24.2. The Balaban J connectivity index is 1.43. The molecule has 7 nitrogen and oxygen atoms in total. The predicted molar refractivity (Wildman–Crippen MR) is 129 cm³/mol. The number of furan rings is 1. The van der Waals surface area contributed by atoms with E-state index in [0.29, 0.717) is 42.7 Å². The minimum atomic E-state index is -0.495. The molecule has 1 aliphatic heterocycles. The van der Waals surface area contributed by atoms with Crippen molar-refractivity contribution in [2.45, 2.75) is 36.2 Å². The van der Waals surface area contributed by atoms with Crippen LogP contribution in [0.25, 0.3) is 11.6 Å². The Hall–Kier alpha value is -3.72. The average molecular weight is 491 g/mol. The normalized spacial score (nSPS) is 16.3. The number of hydrogen-bond donors (Lipinski definition) is 0. The quantitative estimate of drug-likeness (QED) is 0.352. The molecule has 9 heteroatoms. The van der Waals surface area contributed by atoms with Crippen LogP contribution in [0.15, 0.2) is 82.6 Å². The maximum absolute atomic E-state index is 13.5. The number of amides is 2. The first-order chi connectivity index (χ1) is 17.1. The maximum Gasteiger partial charge on any atom is 0.260 e. The number of benzene rings is 2. The summed E-state index contributed by atoms with van der Waals surface area (Å²) in [5.41, 5.74) is 1.35. The first-order valence-electron chi connectivity index (χ1n) is 11.4. The van der Waals surface area contributed by atoms with Crippen LogP contribution < -0.4 is 0 Å². The molecule has 0 saturated carbocycles. The summed E-state index contributed by atoms with van der Waals surface area (Å²) in [6, 6.07) is 18.8. The molecule has 0 aliphatic carbocycles. The molecule has 0 N–H and O–H groups in total. The lowest BCUT2D eigenvalue weighted by Gasteiger charge is -2.22. The van der Waals surface area contributed by atoms with Crippen LogP contribution in [0.3, 0.4) is 0 Å². The van der Waals surface area contributed by atoms with Crippen LogP contribution in [0.1, 0.15) is 35.2 Å². The molecule has 0 bridgehead atoms. The van der Waals surface area contributed by atoms with Crippen molar-refractivity contribution in [2.75, 3.05) is 6.54 Å². The van der Waals surface area contributed by atoms with Crippen LogP contribution in [-0.4, -0.2) is 43.3 Å². The number of rotatable bonds is 6. The summed E-state index contributed by atoms with van der Waals surface area (Å²) in [6.45, 7) is 0.839. The first-order valence-corrected chi connectivity index (χ1v) is 12.3. The lowest BCUT2D eigenvalue weighted by atomic mass is 10.2. The van der Waals surface area contributed by atoms with Crippen molar-refractivity contribution in [2.24, 2.45) is 0 Å². The minimum absolute atomic E-state index is 0.268. The lowest BCUT2D eigenvalue weighted by molar-refractivity contribution is -0.127. The van der Waals surface area contributed by atoms with Crippen LogP contribution in [0.5, 0.6) is 0 Å². The second-order valence-electron chi connectivity index (χ2n) is 8.26. The van der Waals surface area contributed by atoms with Gasteiger partial charge in [0.2, 0.25) is 11.7 Å². The van der Waals surface area contributed by atoms with E-state index in [4.69, 9.17) is 4.42 Å². The smallest absolute Gasteiger partial charge is 0.260 e. The van der Waals surface area contributed by atoms with E-state index < -0.39 is 17.0 Å². The van der Waals surface area contributed by atoms with E-state index in [1.807, 2.05) is 41.0 Å². The number of likely N-dealkylation sites (tertiary alicyclic amines) is 1. The van der Waals surface area contributed by atoms with Gasteiger partial charge in [-0.05, 0) is 54.8 Å². The van der Waals surface area contributed by atoms with Crippen molar-refractivity contribution >= 4 is 23.6 Å². The van der Waals surface area contributed by atoms with Crippen LogP contribution in [0.2, 0.25) is 0 Å².